The molecule has 0 saturated carbocycles. The largest absolute Gasteiger partial charge is 0.494 e. The first-order valence-electron chi connectivity index (χ1n) is 7.36. The van der Waals surface area contributed by atoms with Gasteiger partial charge in [0.05, 0.1) is 12.6 Å². The lowest BCUT2D eigenvalue weighted by atomic mass is 9.88. The van der Waals surface area contributed by atoms with Crippen LogP contribution in [0.25, 0.3) is 0 Å². The van der Waals surface area contributed by atoms with Gasteiger partial charge in [-0.25, -0.2) is 0 Å². The topological polar surface area (TPSA) is 50.4 Å². The van der Waals surface area contributed by atoms with E-state index in [1.54, 1.807) is 0 Å². The van der Waals surface area contributed by atoms with E-state index in [2.05, 4.69) is 10.6 Å². The number of rotatable bonds is 6. The molecule has 1 heterocycles. The summed E-state index contributed by atoms with van der Waals surface area (Å²) in [6, 6.07) is 7.83. The van der Waals surface area contributed by atoms with Crippen molar-refractivity contribution in [1.82, 2.24) is 10.6 Å². The van der Waals surface area contributed by atoms with Crippen LogP contribution >= 0.6 is 12.4 Å². The molecule has 1 aromatic carbocycles. The van der Waals surface area contributed by atoms with Crippen LogP contribution in [0.2, 0.25) is 0 Å². The molecule has 1 aliphatic rings. The van der Waals surface area contributed by atoms with Crippen LogP contribution in [0, 0.1) is 11.8 Å². The third-order valence-electron chi connectivity index (χ3n) is 3.98. The molecule has 1 aliphatic heterocycles. The summed E-state index contributed by atoms with van der Waals surface area (Å²) in [4.78, 5) is 12.3. The van der Waals surface area contributed by atoms with E-state index in [-0.39, 0.29) is 30.3 Å². The summed E-state index contributed by atoms with van der Waals surface area (Å²) < 4.78 is 5.62. The van der Waals surface area contributed by atoms with Gasteiger partial charge in [0, 0.05) is 11.5 Å². The summed E-state index contributed by atoms with van der Waals surface area (Å²) in [6.07, 6.45) is 0. The quantitative estimate of drug-likeness (QED) is 0.848. The molecular formula is C16H25ClN2O2. The van der Waals surface area contributed by atoms with Crippen LogP contribution in [-0.2, 0) is 4.79 Å². The van der Waals surface area contributed by atoms with Gasteiger partial charge >= 0.3 is 0 Å². The van der Waals surface area contributed by atoms with Gasteiger partial charge in [-0.15, -0.1) is 12.4 Å². The van der Waals surface area contributed by atoms with Gasteiger partial charge in [-0.3, -0.25) is 4.79 Å². The van der Waals surface area contributed by atoms with Gasteiger partial charge < -0.3 is 15.4 Å². The Hall–Kier alpha value is -1.26. The fourth-order valence-corrected chi connectivity index (χ4v) is 2.43. The Kier molecular flexibility index (Phi) is 6.99. The molecule has 21 heavy (non-hydrogen) atoms. The third-order valence-corrected chi connectivity index (χ3v) is 3.98. The first-order valence-corrected chi connectivity index (χ1v) is 7.36. The standard InChI is InChI=1S/C16H24N2O2.ClH/c1-4-20-15-8-6-5-7-14(15)12(3)18-16(19)11(2)13-9-17-10-13;/h5-8,11-13,17H,4,9-10H2,1-3H3,(H,18,19);1H. The van der Waals surface area contributed by atoms with Crippen molar-refractivity contribution in [2.24, 2.45) is 11.8 Å². The van der Waals surface area contributed by atoms with E-state index in [1.807, 2.05) is 45.0 Å². The fraction of sp³-hybridized carbons (Fsp3) is 0.562. The van der Waals surface area contributed by atoms with Gasteiger partial charge in [0.1, 0.15) is 5.75 Å². The van der Waals surface area contributed by atoms with Crippen LogP contribution in [0.3, 0.4) is 0 Å². The molecule has 1 fully saturated rings. The average Bonchev–Trinajstić information content (AvgIpc) is 2.37. The van der Waals surface area contributed by atoms with Crippen molar-refractivity contribution in [2.75, 3.05) is 19.7 Å². The lowest BCUT2D eigenvalue weighted by Gasteiger charge is -2.32. The zero-order valence-corrected chi connectivity index (χ0v) is 13.7. The van der Waals surface area contributed by atoms with E-state index in [4.69, 9.17) is 4.74 Å². The van der Waals surface area contributed by atoms with Crippen molar-refractivity contribution in [3.8, 4) is 5.75 Å². The maximum atomic E-state index is 12.3. The average molecular weight is 313 g/mol. The van der Waals surface area contributed by atoms with Gasteiger partial charge in [0.2, 0.25) is 5.91 Å². The number of hydrogen-bond acceptors (Lipinski definition) is 3. The predicted octanol–water partition coefficient (Wildman–Crippen LogP) is 2.54. The number of carbonyl (C=O) groups is 1. The second kappa shape index (κ2) is 8.25. The van der Waals surface area contributed by atoms with Crippen molar-refractivity contribution in [2.45, 2.75) is 26.8 Å². The van der Waals surface area contributed by atoms with Crippen molar-refractivity contribution >= 4 is 18.3 Å². The Morgan fingerprint density at radius 3 is 2.62 bits per heavy atom. The highest BCUT2D eigenvalue weighted by Gasteiger charge is 2.29. The number of carbonyl (C=O) groups excluding carboxylic acids is 1. The monoisotopic (exact) mass is 312 g/mol. The van der Waals surface area contributed by atoms with E-state index in [1.165, 1.54) is 0 Å². The number of hydrogen-bond donors (Lipinski definition) is 2. The number of para-hydroxylation sites is 1. The molecule has 5 heteroatoms. The summed E-state index contributed by atoms with van der Waals surface area (Å²) in [7, 11) is 0. The highest BCUT2D eigenvalue weighted by molar-refractivity contribution is 5.85. The van der Waals surface area contributed by atoms with Crippen molar-refractivity contribution < 1.29 is 9.53 Å². The third kappa shape index (κ3) is 4.35. The maximum Gasteiger partial charge on any atom is 0.223 e. The van der Waals surface area contributed by atoms with Crippen LogP contribution < -0.4 is 15.4 Å². The highest BCUT2D eigenvalue weighted by Crippen LogP contribution is 2.25. The molecule has 1 amide bonds. The minimum absolute atomic E-state index is 0. The van der Waals surface area contributed by atoms with Crippen molar-refractivity contribution in [3.05, 3.63) is 29.8 Å². The van der Waals surface area contributed by atoms with Crippen LogP contribution in [0.15, 0.2) is 24.3 Å². The normalized spacial score (nSPS) is 17.1. The summed E-state index contributed by atoms with van der Waals surface area (Å²) in [5.41, 5.74) is 1.03. The van der Waals surface area contributed by atoms with Crippen LogP contribution in [0.1, 0.15) is 32.4 Å². The van der Waals surface area contributed by atoms with E-state index in [0.717, 1.165) is 24.4 Å². The summed E-state index contributed by atoms with van der Waals surface area (Å²) >= 11 is 0. The van der Waals surface area contributed by atoms with Crippen molar-refractivity contribution in [1.29, 1.82) is 0 Å². The minimum atomic E-state index is -0.0410. The molecule has 0 aromatic heterocycles. The summed E-state index contributed by atoms with van der Waals surface area (Å²) in [5, 5.41) is 6.31. The number of ether oxygens (including phenoxy) is 1. The molecule has 2 unspecified atom stereocenters. The molecule has 118 valence electrons. The number of halogens is 1. The zero-order chi connectivity index (χ0) is 14.5. The molecular weight excluding hydrogens is 288 g/mol. The van der Waals surface area contributed by atoms with Crippen LogP contribution in [-0.4, -0.2) is 25.6 Å². The lowest BCUT2D eigenvalue weighted by molar-refractivity contribution is -0.127. The molecule has 2 N–H and O–H groups in total. The molecule has 0 bridgehead atoms. The SMILES string of the molecule is CCOc1ccccc1C(C)NC(=O)C(C)C1CNC1.Cl. The first kappa shape index (κ1) is 17.8. The molecule has 1 aromatic rings. The molecule has 0 spiro atoms. The Morgan fingerprint density at radius 2 is 2.05 bits per heavy atom. The first-order chi connectivity index (χ1) is 9.63. The second-order valence-corrected chi connectivity index (χ2v) is 5.41. The van der Waals surface area contributed by atoms with Gasteiger partial charge in [0.15, 0.2) is 0 Å². The number of benzene rings is 1. The summed E-state index contributed by atoms with van der Waals surface area (Å²) in [5.74, 6) is 1.48. The Morgan fingerprint density at radius 1 is 1.38 bits per heavy atom. The lowest BCUT2D eigenvalue weighted by Crippen LogP contribution is -2.49. The zero-order valence-electron chi connectivity index (χ0n) is 12.9. The Bertz CT molecular complexity index is 463. The fourth-order valence-electron chi connectivity index (χ4n) is 2.43. The predicted molar refractivity (Wildman–Crippen MR) is 86.9 cm³/mol. The maximum absolute atomic E-state index is 12.3. The van der Waals surface area contributed by atoms with Crippen LogP contribution in [0.5, 0.6) is 5.75 Å². The molecule has 0 radical (unpaired) electrons. The van der Waals surface area contributed by atoms with E-state index < -0.39 is 0 Å². The Labute approximate surface area is 133 Å². The van der Waals surface area contributed by atoms with E-state index in [9.17, 15) is 4.79 Å². The van der Waals surface area contributed by atoms with Gasteiger partial charge in [0.25, 0.3) is 0 Å². The minimum Gasteiger partial charge on any atom is -0.494 e. The van der Waals surface area contributed by atoms with Crippen molar-refractivity contribution in [3.63, 3.8) is 0 Å². The van der Waals surface area contributed by atoms with Gasteiger partial charge in [-0.1, -0.05) is 25.1 Å². The molecule has 1 saturated heterocycles. The number of nitrogens with one attached hydrogen (secondary N) is 2. The molecule has 0 aliphatic carbocycles. The molecule has 4 nitrogen and oxygen atoms in total. The smallest absolute Gasteiger partial charge is 0.223 e. The van der Waals surface area contributed by atoms with E-state index in [0.29, 0.717) is 12.5 Å². The van der Waals surface area contributed by atoms with Crippen LogP contribution in [0.4, 0.5) is 0 Å². The molecule has 2 rings (SSSR count). The van der Waals surface area contributed by atoms with E-state index >= 15 is 0 Å². The number of amides is 1. The highest BCUT2D eigenvalue weighted by atomic mass is 35.5. The molecule has 2 atom stereocenters. The Balaban J connectivity index is 0.00000220. The summed E-state index contributed by atoms with van der Waals surface area (Å²) in [6.45, 7) is 8.48. The van der Waals surface area contributed by atoms with Gasteiger partial charge in [-0.2, -0.15) is 0 Å². The van der Waals surface area contributed by atoms with Gasteiger partial charge in [-0.05, 0) is 38.9 Å². The second-order valence-electron chi connectivity index (χ2n) is 5.41.